The predicted molar refractivity (Wildman–Crippen MR) is 71.8 cm³/mol. The van der Waals surface area contributed by atoms with Crippen LogP contribution in [0, 0.1) is 6.92 Å². The van der Waals surface area contributed by atoms with Crippen LogP contribution in [0.2, 0.25) is 0 Å². The Morgan fingerprint density at radius 2 is 2.10 bits per heavy atom. The Labute approximate surface area is 120 Å². The van der Waals surface area contributed by atoms with Crippen LogP contribution in [0.1, 0.15) is 40.8 Å². The van der Waals surface area contributed by atoms with Crippen LogP contribution < -0.4 is 5.76 Å². The molecule has 8 heteroatoms. The molecule has 110 valence electrons. The number of carbonyl (C=O) groups is 1. The molecule has 1 aliphatic heterocycles. The van der Waals surface area contributed by atoms with E-state index in [0.29, 0.717) is 37.5 Å². The molecule has 1 fully saturated rings. The molecule has 1 N–H and O–H groups in total. The van der Waals surface area contributed by atoms with Gasteiger partial charge in [-0.15, -0.1) is 10.2 Å². The van der Waals surface area contributed by atoms with Crippen LogP contribution in [0.25, 0.3) is 0 Å². The molecule has 1 saturated heterocycles. The van der Waals surface area contributed by atoms with Gasteiger partial charge in [-0.3, -0.25) is 4.79 Å². The molecule has 0 aromatic carbocycles. The molecule has 1 aliphatic rings. The summed E-state index contributed by atoms with van der Waals surface area (Å²) in [6.45, 7) is 2.98. The van der Waals surface area contributed by atoms with Crippen molar-refractivity contribution in [2.75, 3.05) is 13.1 Å². The van der Waals surface area contributed by atoms with Crippen molar-refractivity contribution in [3.05, 3.63) is 40.0 Å². The molecule has 0 saturated carbocycles. The number of aromatic nitrogens is 4. The average molecular weight is 289 g/mol. The van der Waals surface area contributed by atoms with E-state index >= 15 is 0 Å². The number of rotatable bonds is 2. The van der Waals surface area contributed by atoms with Gasteiger partial charge in [0.2, 0.25) is 5.89 Å². The Balaban J connectivity index is 1.64. The van der Waals surface area contributed by atoms with E-state index < -0.39 is 5.76 Å². The number of hydrogen-bond acceptors (Lipinski definition) is 6. The predicted octanol–water partition coefficient (Wildman–Crippen LogP) is 0.481. The SMILES string of the molecule is Cc1ccc(C(=O)N2CCC(c3n[nH]c(=O)o3)CC2)nn1. The summed E-state index contributed by atoms with van der Waals surface area (Å²) < 4.78 is 4.97. The first-order chi connectivity index (χ1) is 10.1. The van der Waals surface area contributed by atoms with Gasteiger partial charge in [-0.25, -0.2) is 9.89 Å². The number of nitrogens with zero attached hydrogens (tertiary/aromatic N) is 4. The lowest BCUT2D eigenvalue weighted by atomic mass is 9.96. The number of hydrogen-bond donors (Lipinski definition) is 1. The van der Waals surface area contributed by atoms with Crippen LogP contribution in [0.5, 0.6) is 0 Å². The van der Waals surface area contributed by atoms with Gasteiger partial charge in [0.15, 0.2) is 5.69 Å². The highest BCUT2D eigenvalue weighted by molar-refractivity contribution is 5.92. The molecule has 0 spiro atoms. The van der Waals surface area contributed by atoms with Crippen LogP contribution >= 0.6 is 0 Å². The number of amides is 1. The van der Waals surface area contributed by atoms with Gasteiger partial charge in [0, 0.05) is 19.0 Å². The molecule has 8 nitrogen and oxygen atoms in total. The maximum atomic E-state index is 12.3. The molecule has 0 bridgehead atoms. The monoisotopic (exact) mass is 289 g/mol. The Hall–Kier alpha value is -2.51. The maximum Gasteiger partial charge on any atom is 0.434 e. The fraction of sp³-hybridized carbons (Fsp3) is 0.462. The highest BCUT2D eigenvalue weighted by atomic mass is 16.4. The Kier molecular flexibility index (Phi) is 3.51. The first kappa shape index (κ1) is 13.5. The largest absolute Gasteiger partial charge is 0.434 e. The third kappa shape index (κ3) is 2.83. The van der Waals surface area contributed by atoms with Gasteiger partial charge in [0.1, 0.15) is 0 Å². The Morgan fingerprint density at radius 3 is 2.67 bits per heavy atom. The molecule has 3 heterocycles. The van der Waals surface area contributed by atoms with E-state index in [4.69, 9.17) is 4.42 Å². The highest BCUT2D eigenvalue weighted by Crippen LogP contribution is 2.26. The molecule has 0 unspecified atom stereocenters. The number of piperidine rings is 1. The fourth-order valence-corrected chi connectivity index (χ4v) is 2.42. The van der Waals surface area contributed by atoms with Crippen molar-refractivity contribution in [1.82, 2.24) is 25.3 Å². The summed E-state index contributed by atoms with van der Waals surface area (Å²) in [6.07, 6.45) is 1.41. The van der Waals surface area contributed by atoms with E-state index in [9.17, 15) is 9.59 Å². The lowest BCUT2D eigenvalue weighted by Crippen LogP contribution is -2.38. The number of likely N-dealkylation sites (tertiary alicyclic amines) is 1. The van der Waals surface area contributed by atoms with Crippen LogP contribution in [0.15, 0.2) is 21.3 Å². The highest BCUT2D eigenvalue weighted by Gasteiger charge is 2.28. The zero-order valence-corrected chi connectivity index (χ0v) is 11.6. The molecule has 0 radical (unpaired) electrons. The second kappa shape index (κ2) is 5.47. The Morgan fingerprint density at radius 1 is 1.33 bits per heavy atom. The lowest BCUT2D eigenvalue weighted by molar-refractivity contribution is 0.0698. The van der Waals surface area contributed by atoms with Gasteiger partial charge < -0.3 is 9.32 Å². The fourth-order valence-electron chi connectivity index (χ4n) is 2.42. The number of nitrogens with one attached hydrogen (secondary N) is 1. The molecule has 2 aromatic rings. The number of H-pyrrole nitrogens is 1. The minimum absolute atomic E-state index is 0.0668. The quantitative estimate of drug-likeness (QED) is 0.862. The maximum absolute atomic E-state index is 12.3. The lowest BCUT2D eigenvalue weighted by Gasteiger charge is -2.30. The summed E-state index contributed by atoms with van der Waals surface area (Å²) in [5, 5.41) is 13.9. The van der Waals surface area contributed by atoms with Crippen LogP contribution in [-0.2, 0) is 0 Å². The summed E-state index contributed by atoms with van der Waals surface area (Å²) in [4.78, 5) is 25.0. The smallest absolute Gasteiger partial charge is 0.392 e. The van der Waals surface area contributed by atoms with E-state index in [0.717, 1.165) is 5.69 Å². The van der Waals surface area contributed by atoms with Crippen LogP contribution in [0.4, 0.5) is 0 Å². The van der Waals surface area contributed by atoms with Crippen molar-refractivity contribution in [2.45, 2.75) is 25.7 Å². The molecule has 0 aliphatic carbocycles. The van der Waals surface area contributed by atoms with E-state index in [2.05, 4.69) is 20.4 Å². The van der Waals surface area contributed by atoms with E-state index in [1.807, 2.05) is 6.92 Å². The van der Waals surface area contributed by atoms with Crippen molar-refractivity contribution in [1.29, 1.82) is 0 Å². The third-order valence-corrected chi connectivity index (χ3v) is 3.60. The van der Waals surface area contributed by atoms with Gasteiger partial charge in [0.05, 0.1) is 5.69 Å². The van der Waals surface area contributed by atoms with Gasteiger partial charge in [-0.05, 0) is 31.9 Å². The first-order valence-electron chi connectivity index (χ1n) is 6.78. The molecular formula is C13H15N5O3. The normalized spacial score (nSPS) is 16.1. The molecule has 1 amide bonds. The summed E-state index contributed by atoms with van der Waals surface area (Å²) >= 11 is 0. The Bertz CT molecular complexity index is 682. The second-order valence-electron chi connectivity index (χ2n) is 5.08. The molecule has 2 aromatic heterocycles. The van der Waals surface area contributed by atoms with Crippen molar-refractivity contribution in [3.8, 4) is 0 Å². The van der Waals surface area contributed by atoms with E-state index in [1.165, 1.54) is 0 Å². The van der Waals surface area contributed by atoms with E-state index in [1.54, 1.807) is 17.0 Å². The number of carbonyl (C=O) groups excluding carboxylic acids is 1. The van der Waals surface area contributed by atoms with Crippen molar-refractivity contribution < 1.29 is 9.21 Å². The van der Waals surface area contributed by atoms with Crippen LogP contribution in [0.3, 0.4) is 0 Å². The first-order valence-corrected chi connectivity index (χ1v) is 6.78. The van der Waals surface area contributed by atoms with Gasteiger partial charge in [-0.1, -0.05) is 0 Å². The summed E-state index contributed by atoms with van der Waals surface area (Å²) in [6, 6.07) is 3.45. The summed E-state index contributed by atoms with van der Waals surface area (Å²) in [5.74, 6) is -0.179. The third-order valence-electron chi connectivity index (χ3n) is 3.60. The van der Waals surface area contributed by atoms with Crippen molar-refractivity contribution >= 4 is 5.91 Å². The molecular weight excluding hydrogens is 274 g/mol. The number of aryl methyl sites for hydroxylation is 1. The van der Waals surface area contributed by atoms with Gasteiger partial charge in [-0.2, -0.15) is 5.10 Å². The van der Waals surface area contributed by atoms with Gasteiger partial charge in [0.25, 0.3) is 5.91 Å². The summed E-state index contributed by atoms with van der Waals surface area (Å²) in [5.41, 5.74) is 1.13. The average Bonchev–Trinajstić information content (AvgIpc) is 2.94. The van der Waals surface area contributed by atoms with Crippen molar-refractivity contribution in [2.24, 2.45) is 0 Å². The molecule has 0 atom stereocenters. The number of aromatic amines is 1. The topological polar surface area (TPSA) is 105 Å². The van der Waals surface area contributed by atoms with Crippen LogP contribution in [-0.4, -0.2) is 44.3 Å². The second-order valence-corrected chi connectivity index (χ2v) is 5.08. The minimum atomic E-state index is -0.543. The zero-order chi connectivity index (χ0) is 14.8. The van der Waals surface area contributed by atoms with Gasteiger partial charge >= 0.3 is 5.76 Å². The minimum Gasteiger partial charge on any atom is -0.392 e. The van der Waals surface area contributed by atoms with E-state index in [-0.39, 0.29) is 11.8 Å². The standard InChI is InChI=1S/C13H15N5O3/c1-8-2-3-10(15-14-8)12(19)18-6-4-9(5-7-18)11-16-17-13(20)21-11/h2-3,9H,4-7H2,1H3,(H,17,20). The molecule has 21 heavy (non-hydrogen) atoms. The zero-order valence-electron chi connectivity index (χ0n) is 11.6. The summed E-state index contributed by atoms with van der Waals surface area (Å²) in [7, 11) is 0. The molecule has 3 rings (SSSR count). The van der Waals surface area contributed by atoms with Crippen molar-refractivity contribution in [3.63, 3.8) is 0 Å².